The van der Waals surface area contributed by atoms with Gasteiger partial charge in [0.25, 0.3) is 0 Å². The molecule has 3 aromatic heterocycles. The van der Waals surface area contributed by atoms with Crippen LogP contribution in [-0.2, 0) is 16.0 Å². The molecule has 36 heavy (non-hydrogen) atoms. The fourth-order valence-corrected chi connectivity index (χ4v) is 4.54. The average Bonchev–Trinajstić information content (AvgIpc) is 3.49. The van der Waals surface area contributed by atoms with Gasteiger partial charge in [-0.25, -0.2) is 19.7 Å². The fraction of sp³-hybridized carbons (Fsp3) is 0.259. The monoisotopic (exact) mass is 490 g/mol. The molecule has 0 aliphatic heterocycles. The molecule has 0 saturated carbocycles. The maximum absolute atomic E-state index is 12.9. The number of carbonyl (C=O) groups excluding carboxylic acids is 1. The number of allylic oxidation sites excluding steroid dienone is 1. The lowest BCUT2D eigenvalue weighted by Crippen LogP contribution is -2.06. The number of hydrogen-bond donors (Lipinski definition) is 0. The largest absolute Gasteiger partial charge is 0.466 e. The number of hydrogen-bond acceptors (Lipinski definition) is 6. The van der Waals surface area contributed by atoms with Gasteiger partial charge in [0.05, 0.1) is 12.8 Å². The van der Waals surface area contributed by atoms with Crippen LogP contribution in [-0.4, -0.2) is 39.0 Å². The normalized spacial score (nSPS) is 15.4. The van der Waals surface area contributed by atoms with Crippen molar-refractivity contribution in [2.24, 2.45) is 0 Å². The Morgan fingerprint density at radius 2 is 1.92 bits per heavy atom. The maximum atomic E-state index is 12.9. The molecule has 1 aliphatic rings. The number of fused-ring (bicyclic) bond motifs is 1. The molecule has 0 amide bonds. The number of para-hydroxylation sites is 1. The average molecular weight is 491 g/mol. The zero-order valence-electron chi connectivity index (χ0n) is 19.8. The summed E-state index contributed by atoms with van der Waals surface area (Å²) < 4.78 is 37.2. The minimum Gasteiger partial charge on any atom is -0.466 e. The molecule has 0 fully saturated rings. The van der Waals surface area contributed by atoms with E-state index < -0.39 is 6.61 Å². The van der Waals surface area contributed by atoms with Crippen LogP contribution < -0.4 is 4.74 Å². The van der Waals surface area contributed by atoms with Crippen molar-refractivity contribution in [3.8, 4) is 16.9 Å². The third kappa shape index (κ3) is 4.68. The zero-order chi connectivity index (χ0) is 25.2. The Morgan fingerprint density at radius 3 is 2.67 bits per heavy atom. The van der Waals surface area contributed by atoms with Gasteiger partial charge in [-0.05, 0) is 38.0 Å². The van der Waals surface area contributed by atoms with E-state index >= 15 is 0 Å². The third-order valence-electron chi connectivity index (χ3n) is 6.38. The van der Waals surface area contributed by atoms with Crippen molar-refractivity contribution in [2.45, 2.75) is 38.7 Å². The smallest absolute Gasteiger partial charge is 0.387 e. The highest BCUT2D eigenvalue weighted by Crippen LogP contribution is 2.32. The van der Waals surface area contributed by atoms with E-state index in [0.717, 1.165) is 34.6 Å². The minimum absolute atomic E-state index is 0.0194. The van der Waals surface area contributed by atoms with Crippen LogP contribution in [0.25, 0.3) is 16.8 Å². The summed E-state index contributed by atoms with van der Waals surface area (Å²) in [5, 5.41) is 0. The molecule has 1 atom stereocenters. The Hall–Kier alpha value is -4.14. The number of methoxy groups -OCH3 is 1. The van der Waals surface area contributed by atoms with E-state index in [2.05, 4.69) is 15.0 Å². The molecule has 1 aliphatic carbocycles. The number of alkyl halides is 2. The number of aromatic nitrogens is 4. The first kappa shape index (κ1) is 23.6. The number of nitrogens with zero attached hydrogens (tertiary/aromatic N) is 4. The Kier molecular flexibility index (Phi) is 6.45. The highest BCUT2D eigenvalue weighted by molar-refractivity contribution is 5.89. The van der Waals surface area contributed by atoms with Crippen LogP contribution in [0.15, 0.2) is 66.6 Å². The molecule has 3 heterocycles. The van der Waals surface area contributed by atoms with Gasteiger partial charge in [0, 0.05) is 58.9 Å². The van der Waals surface area contributed by atoms with Gasteiger partial charge in [0.2, 0.25) is 0 Å². The second-order valence-electron chi connectivity index (χ2n) is 8.61. The lowest BCUT2D eigenvalue weighted by Gasteiger charge is -2.11. The third-order valence-corrected chi connectivity index (χ3v) is 6.38. The van der Waals surface area contributed by atoms with Crippen molar-refractivity contribution < 1.29 is 23.0 Å². The van der Waals surface area contributed by atoms with Gasteiger partial charge in [-0.3, -0.25) is 0 Å². The van der Waals surface area contributed by atoms with Crippen LogP contribution >= 0.6 is 0 Å². The number of aryl methyl sites for hydroxylation is 1. The van der Waals surface area contributed by atoms with Crippen molar-refractivity contribution in [1.82, 2.24) is 19.4 Å². The molecule has 1 unspecified atom stereocenters. The molecular weight excluding hydrogens is 466 g/mol. The number of esters is 1. The van der Waals surface area contributed by atoms with Crippen LogP contribution in [0.4, 0.5) is 8.78 Å². The number of rotatable bonds is 7. The van der Waals surface area contributed by atoms with Crippen LogP contribution in [0, 0.1) is 6.92 Å². The lowest BCUT2D eigenvalue weighted by atomic mass is 10.1. The van der Waals surface area contributed by atoms with Crippen molar-refractivity contribution >= 4 is 11.6 Å². The van der Waals surface area contributed by atoms with Gasteiger partial charge in [-0.1, -0.05) is 24.3 Å². The van der Waals surface area contributed by atoms with Gasteiger partial charge in [-0.15, -0.1) is 0 Å². The number of pyridine rings is 1. The van der Waals surface area contributed by atoms with E-state index in [1.807, 2.05) is 35.7 Å². The highest BCUT2D eigenvalue weighted by Gasteiger charge is 2.24. The molecule has 0 N–H and O–H groups in total. The zero-order valence-corrected chi connectivity index (χ0v) is 19.8. The molecule has 0 spiro atoms. The molecule has 4 aromatic rings. The van der Waals surface area contributed by atoms with Gasteiger partial charge >= 0.3 is 12.6 Å². The molecular formula is C27H24F2N4O3. The summed E-state index contributed by atoms with van der Waals surface area (Å²) in [7, 11) is 1.38. The van der Waals surface area contributed by atoms with Crippen LogP contribution in [0.2, 0.25) is 0 Å². The van der Waals surface area contributed by atoms with Gasteiger partial charge in [0.15, 0.2) is 0 Å². The number of benzene rings is 1. The molecule has 7 nitrogen and oxygen atoms in total. The van der Waals surface area contributed by atoms with Crippen molar-refractivity contribution in [3.63, 3.8) is 0 Å². The van der Waals surface area contributed by atoms with Crippen molar-refractivity contribution in [2.75, 3.05) is 7.11 Å². The highest BCUT2D eigenvalue weighted by atomic mass is 19.3. The molecule has 0 saturated heterocycles. The van der Waals surface area contributed by atoms with E-state index in [1.54, 1.807) is 30.6 Å². The maximum Gasteiger partial charge on any atom is 0.387 e. The summed E-state index contributed by atoms with van der Waals surface area (Å²) >= 11 is 0. The van der Waals surface area contributed by atoms with Crippen molar-refractivity contribution in [1.29, 1.82) is 0 Å². The van der Waals surface area contributed by atoms with E-state index in [9.17, 15) is 13.6 Å². The molecule has 0 radical (unpaired) electrons. The Bertz CT molecular complexity index is 1450. The first-order valence-corrected chi connectivity index (χ1v) is 11.5. The predicted octanol–water partition coefficient (Wildman–Crippen LogP) is 5.27. The Morgan fingerprint density at radius 1 is 1.14 bits per heavy atom. The number of carbonyl (C=O) groups is 1. The summed E-state index contributed by atoms with van der Waals surface area (Å²) in [5.74, 6) is 0.484. The SMILES string of the molecule is COC(=O)C1=CC(c2ncc(-c3ccc4nc(C)c(Cc5ccccc5OC(F)F)n4c3)cn2)CC1. The summed E-state index contributed by atoms with van der Waals surface area (Å²) in [6.07, 6.45) is 9.15. The van der Waals surface area contributed by atoms with Crippen molar-refractivity contribution in [3.05, 3.63) is 89.4 Å². The second kappa shape index (κ2) is 9.85. The fourth-order valence-electron chi connectivity index (χ4n) is 4.54. The van der Waals surface area contributed by atoms with E-state index in [4.69, 9.17) is 9.47 Å². The van der Waals surface area contributed by atoms with Gasteiger partial charge < -0.3 is 13.9 Å². The summed E-state index contributed by atoms with van der Waals surface area (Å²) in [5.41, 5.74) is 5.46. The molecule has 9 heteroatoms. The number of imidazole rings is 1. The van der Waals surface area contributed by atoms with Crippen LogP contribution in [0.1, 0.15) is 41.5 Å². The first-order chi connectivity index (χ1) is 17.4. The molecule has 1 aromatic carbocycles. The number of halogens is 2. The Balaban J connectivity index is 1.43. The Labute approximate surface area is 206 Å². The van der Waals surface area contributed by atoms with E-state index in [0.29, 0.717) is 29.8 Å². The standard InChI is InChI=1S/C27H24F2N4O3/c1-16-22(12-17-5-3-4-6-23(17)36-27(28)29)33-15-20(9-10-24(33)32-16)21-13-30-25(31-14-21)18-7-8-19(11-18)26(34)35-2/h3-6,9-11,13-15,18,27H,7-8,12H2,1-2H3. The van der Waals surface area contributed by atoms with Crippen LogP contribution in [0.3, 0.4) is 0 Å². The molecule has 0 bridgehead atoms. The minimum atomic E-state index is -2.89. The second-order valence-corrected chi connectivity index (χ2v) is 8.61. The summed E-state index contributed by atoms with van der Waals surface area (Å²) in [6.45, 7) is -0.996. The first-order valence-electron chi connectivity index (χ1n) is 11.5. The number of ether oxygens (including phenoxy) is 2. The van der Waals surface area contributed by atoms with Gasteiger partial charge in [-0.2, -0.15) is 8.78 Å². The lowest BCUT2D eigenvalue weighted by molar-refractivity contribution is -0.136. The molecule has 184 valence electrons. The molecule has 5 rings (SSSR count). The summed E-state index contributed by atoms with van der Waals surface area (Å²) in [4.78, 5) is 25.5. The topological polar surface area (TPSA) is 78.6 Å². The van der Waals surface area contributed by atoms with Crippen LogP contribution in [0.5, 0.6) is 5.75 Å². The van der Waals surface area contributed by atoms with Gasteiger partial charge in [0.1, 0.15) is 17.2 Å². The predicted molar refractivity (Wildman–Crippen MR) is 129 cm³/mol. The summed E-state index contributed by atoms with van der Waals surface area (Å²) in [6, 6.07) is 10.6. The quantitative estimate of drug-likeness (QED) is 0.329. The van der Waals surface area contributed by atoms with E-state index in [-0.39, 0.29) is 17.6 Å². The van der Waals surface area contributed by atoms with E-state index in [1.165, 1.54) is 13.2 Å².